The molecule has 0 atom stereocenters. The Bertz CT molecular complexity index is 1030. The second-order valence-electron chi connectivity index (χ2n) is 6.81. The molecule has 0 saturated heterocycles. The number of nitrogens with one attached hydrogen (secondary N) is 1. The van der Waals surface area contributed by atoms with E-state index < -0.39 is 5.97 Å². The number of thioether (sulfide) groups is 1. The Balaban J connectivity index is 1.42. The van der Waals surface area contributed by atoms with Gasteiger partial charge in [-0.05, 0) is 43.7 Å². The lowest BCUT2D eigenvalue weighted by atomic mass is 10.2. The number of aromatic nitrogens is 1. The normalized spacial score (nSPS) is 10.5. The van der Waals surface area contributed by atoms with E-state index in [0.717, 1.165) is 27.7 Å². The average Bonchev–Trinajstić information content (AvgIpc) is 3.19. The predicted molar refractivity (Wildman–Crippen MR) is 117 cm³/mol. The summed E-state index contributed by atoms with van der Waals surface area (Å²) in [4.78, 5) is 25.2. The number of esters is 1. The fourth-order valence-electron chi connectivity index (χ4n) is 2.72. The Morgan fingerprint density at radius 3 is 2.71 bits per heavy atom. The Morgan fingerprint density at radius 1 is 1.10 bits per heavy atom. The number of amides is 1. The molecule has 31 heavy (non-hydrogen) atoms. The van der Waals surface area contributed by atoms with Crippen molar-refractivity contribution in [3.05, 3.63) is 77.2 Å². The van der Waals surface area contributed by atoms with Crippen LogP contribution in [0.4, 0.5) is 0 Å². The number of nitrogens with zero attached hydrogens (tertiary/aromatic N) is 1. The van der Waals surface area contributed by atoms with Crippen LogP contribution in [0.25, 0.3) is 0 Å². The van der Waals surface area contributed by atoms with E-state index >= 15 is 0 Å². The van der Waals surface area contributed by atoms with Gasteiger partial charge in [0.15, 0.2) is 6.61 Å². The number of hydrogen-bond acceptors (Lipinski definition) is 7. The van der Waals surface area contributed by atoms with Crippen LogP contribution in [0.1, 0.15) is 27.4 Å². The summed E-state index contributed by atoms with van der Waals surface area (Å²) in [6.45, 7) is 4.11. The number of benzene rings is 2. The standard InChI is InChI=1S/C23H24N2O5S/c1-16-6-5-7-18(12-16)28-11-10-24-22(26)14-29-23(27)20-8-3-4-9-21(20)31-15-19-13-17(2)25-30-19/h3-9,12-13H,10-11,14-15H2,1-2H3,(H,24,26). The van der Waals surface area contributed by atoms with E-state index in [1.54, 1.807) is 12.1 Å². The van der Waals surface area contributed by atoms with E-state index in [2.05, 4.69) is 10.5 Å². The molecule has 8 heteroatoms. The zero-order chi connectivity index (χ0) is 22.1. The van der Waals surface area contributed by atoms with Gasteiger partial charge < -0.3 is 19.3 Å². The number of aryl methyl sites for hydroxylation is 2. The average molecular weight is 441 g/mol. The van der Waals surface area contributed by atoms with Crippen LogP contribution in [0.5, 0.6) is 5.75 Å². The molecule has 1 heterocycles. The molecular formula is C23H24N2O5S. The molecule has 0 radical (unpaired) electrons. The van der Waals surface area contributed by atoms with Crippen molar-refractivity contribution in [2.45, 2.75) is 24.5 Å². The third kappa shape index (κ3) is 7.18. The molecule has 0 aliphatic heterocycles. The van der Waals surface area contributed by atoms with Crippen LogP contribution in [0.2, 0.25) is 0 Å². The molecule has 7 nitrogen and oxygen atoms in total. The molecule has 0 spiro atoms. The van der Waals surface area contributed by atoms with Gasteiger partial charge >= 0.3 is 5.97 Å². The molecule has 0 aliphatic carbocycles. The summed E-state index contributed by atoms with van der Waals surface area (Å²) in [6, 6.07) is 16.6. The van der Waals surface area contributed by atoms with Crippen LogP contribution in [0.15, 0.2) is 64.0 Å². The SMILES string of the molecule is Cc1cccc(OCCNC(=O)COC(=O)c2ccccc2SCc2cc(C)no2)c1. The minimum absolute atomic E-state index is 0.313. The fraction of sp³-hybridized carbons (Fsp3) is 0.261. The molecule has 162 valence electrons. The van der Waals surface area contributed by atoms with Gasteiger partial charge in [-0.3, -0.25) is 4.79 Å². The van der Waals surface area contributed by atoms with E-state index in [1.165, 1.54) is 11.8 Å². The minimum Gasteiger partial charge on any atom is -0.492 e. The van der Waals surface area contributed by atoms with Crippen LogP contribution in [0.3, 0.4) is 0 Å². The molecule has 3 rings (SSSR count). The highest BCUT2D eigenvalue weighted by molar-refractivity contribution is 7.98. The first-order valence-electron chi connectivity index (χ1n) is 9.78. The van der Waals surface area contributed by atoms with Crippen molar-refractivity contribution in [2.75, 3.05) is 19.8 Å². The van der Waals surface area contributed by atoms with Crippen molar-refractivity contribution in [3.63, 3.8) is 0 Å². The Kier molecular flexibility index (Phi) is 8.12. The molecule has 1 amide bonds. The Labute approximate surface area is 185 Å². The van der Waals surface area contributed by atoms with Crippen molar-refractivity contribution in [3.8, 4) is 5.75 Å². The molecule has 1 aromatic heterocycles. The van der Waals surface area contributed by atoms with Crippen molar-refractivity contribution < 1.29 is 23.6 Å². The molecule has 0 saturated carbocycles. The van der Waals surface area contributed by atoms with Crippen LogP contribution >= 0.6 is 11.8 Å². The molecular weight excluding hydrogens is 416 g/mol. The van der Waals surface area contributed by atoms with Gasteiger partial charge in [-0.25, -0.2) is 4.79 Å². The topological polar surface area (TPSA) is 90.7 Å². The second kappa shape index (κ2) is 11.2. The quantitative estimate of drug-likeness (QED) is 0.290. The summed E-state index contributed by atoms with van der Waals surface area (Å²) in [5.74, 6) is 1.06. The summed E-state index contributed by atoms with van der Waals surface area (Å²) in [6.07, 6.45) is 0. The van der Waals surface area contributed by atoms with E-state index in [0.29, 0.717) is 24.5 Å². The number of carbonyl (C=O) groups excluding carboxylic acids is 2. The lowest BCUT2D eigenvalue weighted by Gasteiger charge is -2.10. The second-order valence-corrected chi connectivity index (χ2v) is 7.83. The van der Waals surface area contributed by atoms with Crippen LogP contribution < -0.4 is 10.1 Å². The van der Waals surface area contributed by atoms with Crippen molar-refractivity contribution in [2.24, 2.45) is 0 Å². The summed E-state index contributed by atoms with van der Waals surface area (Å²) < 4.78 is 15.9. The number of hydrogen-bond donors (Lipinski definition) is 1. The number of ether oxygens (including phenoxy) is 2. The van der Waals surface area contributed by atoms with Gasteiger partial charge in [0.25, 0.3) is 5.91 Å². The van der Waals surface area contributed by atoms with E-state index in [-0.39, 0.29) is 12.5 Å². The van der Waals surface area contributed by atoms with E-state index in [9.17, 15) is 9.59 Å². The van der Waals surface area contributed by atoms with E-state index in [4.69, 9.17) is 14.0 Å². The van der Waals surface area contributed by atoms with Gasteiger partial charge in [-0.1, -0.05) is 29.4 Å². The van der Waals surface area contributed by atoms with Gasteiger partial charge in [-0.15, -0.1) is 11.8 Å². The summed E-state index contributed by atoms with van der Waals surface area (Å²) in [5.41, 5.74) is 2.31. The predicted octanol–water partition coefficient (Wildman–Crippen LogP) is 3.94. The maximum absolute atomic E-state index is 12.5. The van der Waals surface area contributed by atoms with Gasteiger partial charge in [0.1, 0.15) is 18.1 Å². The van der Waals surface area contributed by atoms with Gasteiger partial charge in [0.05, 0.1) is 23.6 Å². The summed E-state index contributed by atoms with van der Waals surface area (Å²) in [7, 11) is 0. The van der Waals surface area contributed by atoms with Gasteiger partial charge in [0.2, 0.25) is 0 Å². The molecule has 0 fully saturated rings. The van der Waals surface area contributed by atoms with Crippen molar-refractivity contribution in [1.29, 1.82) is 0 Å². The summed E-state index contributed by atoms with van der Waals surface area (Å²) in [5, 5.41) is 6.53. The van der Waals surface area contributed by atoms with Crippen molar-refractivity contribution in [1.82, 2.24) is 10.5 Å². The first kappa shape index (κ1) is 22.4. The zero-order valence-electron chi connectivity index (χ0n) is 17.4. The largest absolute Gasteiger partial charge is 0.492 e. The smallest absolute Gasteiger partial charge is 0.339 e. The van der Waals surface area contributed by atoms with E-state index in [1.807, 2.05) is 56.3 Å². The van der Waals surface area contributed by atoms with Crippen LogP contribution in [-0.2, 0) is 15.3 Å². The Hall–Kier alpha value is -3.26. The first-order chi connectivity index (χ1) is 15.0. The maximum Gasteiger partial charge on any atom is 0.339 e. The van der Waals surface area contributed by atoms with Gasteiger partial charge in [0, 0.05) is 11.0 Å². The minimum atomic E-state index is -0.553. The maximum atomic E-state index is 12.5. The third-order valence-electron chi connectivity index (χ3n) is 4.17. The lowest BCUT2D eigenvalue weighted by Crippen LogP contribution is -2.32. The van der Waals surface area contributed by atoms with Crippen LogP contribution in [0, 0.1) is 13.8 Å². The highest BCUT2D eigenvalue weighted by atomic mass is 32.2. The molecule has 2 aromatic carbocycles. The molecule has 1 N–H and O–H groups in total. The van der Waals surface area contributed by atoms with Crippen molar-refractivity contribution >= 4 is 23.6 Å². The molecule has 3 aromatic rings. The fourth-order valence-corrected chi connectivity index (χ4v) is 3.63. The first-order valence-corrected chi connectivity index (χ1v) is 10.8. The third-order valence-corrected chi connectivity index (χ3v) is 5.27. The molecule has 0 bridgehead atoms. The summed E-state index contributed by atoms with van der Waals surface area (Å²) >= 11 is 1.44. The Morgan fingerprint density at radius 2 is 1.94 bits per heavy atom. The highest BCUT2D eigenvalue weighted by Crippen LogP contribution is 2.27. The number of carbonyl (C=O) groups is 2. The number of rotatable bonds is 10. The highest BCUT2D eigenvalue weighted by Gasteiger charge is 2.15. The monoisotopic (exact) mass is 440 g/mol. The zero-order valence-corrected chi connectivity index (χ0v) is 18.2. The van der Waals surface area contributed by atoms with Crippen LogP contribution in [-0.4, -0.2) is 36.8 Å². The molecule has 0 aliphatic rings. The molecule has 0 unspecified atom stereocenters. The lowest BCUT2D eigenvalue weighted by molar-refractivity contribution is -0.124. The van der Waals surface area contributed by atoms with Gasteiger partial charge in [-0.2, -0.15) is 0 Å².